The normalized spacial score (nSPS) is 14.2. The summed E-state index contributed by atoms with van der Waals surface area (Å²) in [6, 6.07) is 7.52. The van der Waals surface area contributed by atoms with Crippen molar-refractivity contribution in [1.82, 2.24) is 0 Å². The number of benzene rings is 1. The number of unbranched alkanes of at least 4 members (excludes halogenated alkanes) is 11. The van der Waals surface area contributed by atoms with E-state index in [2.05, 4.69) is 6.92 Å². The van der Waals surface area contributed by atoms with E-state index in [1.165, 1.54) is 64.2 Å². The summed E-state index contributed by atoms with van der Waals surface area (Å²) < 4.78 is 5.40. The summed E-state index contributed by atoms with van der Waals surface area (Å²) in [4.78, 5) is 11.8. The molecule has 0 aliphatic rings. The van der Waals surface area contributed by atoms with Crippen molar-refractivity contribution >= 4 is 6.29 Å². The third-order valence-electron chi connectivity index (χ3n) is 6.17. The van der Waals surface area contributed by atoms with Crippen LogP contribution in [0.2, 0.25) is 0 Å². The molecule has 4 heteroatoms. The van der Waals surface area contributed by atoms with Crippen LogP contribution in [0.3, 0.4) is 0 Å². The molecular formula is C27H46O4. The largest absolute Gasteiger partial charge is 0.491 e. The number of rotatable bonds is 20. The lowest BCUT2D eigenvalue weighted by atomic mass is 9.80. The first-order chi connectivity index (χ1) is 15.1. The van der Waals surface area contributed by atoms with E-state index in [9.17, 15) is 9.90 Å². The molecule has 2 N–H and O–H groups in total. The predicted molar refractivity (Wildman–Crippen MR) is 129 cm³/mol. The van der Waals surface area contributed by atoms with Crippen LogP contribution in [0, 0.1) is 5.92 Å². The van der Waals surface area contributed by atoms with E-state index in [1.54, 1.807) is 6.92 Å². The summed E-state index contributed by atoms with van der Waals surface area (Å²) in [6.07, 6.45) is 16.9. The zero-order chi connectivity index (χ0) is 22.7. The van der Waals surface area contributed by atoms with E-state index in [1.807, 2.05) is 24.3 Å². The zero-order valence-corrected chi connectivity index (χ0v) is 19.9. The number of ether oxygens (including phenoxy) is 1. The maximum absolute atomic E-state index is 11.8. The molecule has 0 aliphatic carbocycles. The molecule has 0 heterocycles. The lowest BCUT2D eigenvalue weighted by molar-refractivity contribution is -0.112. The second-order valence-electron chi connectivity index (χ2n) is 8.89. The molecule has 178 valence electrons. The van der Waals surface area contributed by atoms with E-state index in [0.717, 1.165) is 31.1 Å². The minimum Gasteiger partial charge on any atom is -0.491 e. The Bertz CT molecular complexity index is 541. The van der Waals surface area contributed by atoms with Crippen molar-refractivity contribution in [3.63, 3.8) is 0 Å². The van der Waals surface area contributed by atoms with E-state index in [4.69, 9.17) is 9.84 Å². The molecule has 0 radical (unpaired) electrons. The van der Waals surface area contributed by atoms with Crippen molar-refractivity contribution in [2.24, 2.45) is 5.92 Å². The van der Waals surface area contributed by atoms with E-state index >= 15 is 0 Å². The van der Waals surface area contributed by atoms with Gasteiger partial charge in [-0.25, -0.2) is 0 Å². The Labute approximate surface area is 190 Å². The van der Waals surface area contributed by atoms with Crippen LogP contribution in [0.25, 0.3) is 0 Å². The van der Waals surface area contributed by atoms with Gasteiger partial charge in [-0.3, -0.25) is 0 Å². The number of hydrogen-bond donors (Lipinski definition) is 2. The minimum absolute atomic E-state index is 0.0235. The molecular weight excluding hydrogens is 388 g/mol. The van der Waals surface area contributed by atoms with Gasteiger partial charge in [0.05, 0.1) is 12.7 Å². The molecule has 1 aromatic carbocycles. The number of carbonyl (C=O) groups is 1. The van der Waals surface area contributed by atoms with E-state index in [-0.39, 0.29) is 25.0 Å². The summed E-state index contributed by atoms with van der Waals surface area (Å²) in [6.45, 7) is 4.26. The zero-order valence-electron chi connectivity index (χ0n) is 19.9. The topological polar surface area (TPSA) is 66.8 Å². The van der Waals surface area contributed by atoms with Gasteiger partial charge in [0.1, 0.15) is 18.6 Å². The molecule has 0 bridgehead atoms. The lowest BCUT2D eigenvalue weighted by Gasteiger charge is -2.26. The number of aliphatic hydroxyl groups is 2. The second-order valence-corrected chi connectivity index (χ2v) is 8.89. The fourth-order valence-corrected chi connectivity index (χ4v) is 4.39. The highest BCUT2D eigenvalue weighted by molar-refractivity contribution is 5.56. The van der Waals surface area contributed by atoms with Gasteiger partial charge in [-0.05, 0) is 31.0 Å². The highest BCUT2D eigenvalue weighted by atomic mass is 16.5. The maximum atomic E-state index is 11.8. The monoisotopic (exact) mass is 434 g/mol. The first kappa shape index (κ1) is 27.6. The summed E-state index contributed by atoms with van der Waals surface area (Å²) >= 11 is 0. The molecule has 0 saturated heterocycles. The summed E-state index contributed by atoms with van der Waals surface area (Å²) in [7, 11) is 0. The fraction of sp³-hybridized carbons (Fsp3) is 0.741. The highest BCUT2D eigenvalue weighted by Gasteiger charge is 2.27. The Kier molecular flexibility index (Phi) is 16.2. The molecule has 31 heavy (non-hydrogen) atoms. The van der Waals surface area contributed by atoms with E-state index in [0.29, 0.717) is 5.75 Å². The van der Waals surface area contributed by atoms with Crippen LogP contribution in [0.15, 0.2) is 24.3 Å². The van der Waals surface area contributed by atoms with Gasteiger partial charge in [0.15, 0.2) is 0 Å². The van der Waals surface area contributed by atoms with Gasteiger partial charge in [-0.1, -0.05) is 96.1 Å². The molecule has 1 rings (SSSR count). The van der Waals surface area contributed by atoms with Crippen molar-refractivity contribution in [2.45, 2.75) is 109 Å². The number of aliphatic hydroxyl groups excluding tert-OH is 2. The van der Waals surface area contributed by atoms with Crippen LogP contribution >= 0.6 is 0 Å². The molecule has 0 fully saturated rings. The minimum atomic E-state index is -0.586. The van der Waals surface area contributed by atoms with E-state index < -0.39 is 6.10 Å². The average Bonchev–Trinajstić information content (AvgIpc) is 2.78. The van der Waals surface area contributed by atoms with Crippen molar-refractivity contribution in [2.75, 3.05) is 13.2 Å². The van der Waals surface area contributed by atoms with Crippen LogP contribution in [0.5, 0.6) is 5.75 Å². The molecule has 1 aromatic rings. The molecule has 0 spiro atoms. The Morgan fingerprint density at radius 1 is 0.871 bits per heavy atom. The third kappa shape index (κ3) is 12.3. The molecule has 0 saturated carbocycles. The smallest absolute Gasteiger partial charge is 0.123 e. The van der Waals surface area contributed by atoms with Crippen LogP contribution in [-0.2, 0) is 4.79 Å². The van der Waals surface area contributed by atoms with Gasteiger partial charge >= 0.3 is 0 Å². The SMILES string of the molecule is CCCCCCCCCCCCCCC(C=O)C(c1ccc(OCCO)cc1)C(C)O. The van der Waals surface area contributed by atoms with Crippen LogP contribution in [0.4, 0.5) is 0 Å². The fourth-order valence-electron chi connectivity index (χ4n) is 4.39. The molecule has 0 aromatic heterocycles. The standard InChI is InChI=1S/C27H46O4/c1-3-4-5-6-7-8-9-10-11-12-13-14-15-25(22-29)27(23(2)30)24-16-18-26(19-17-24)31-21-20-28/h16-19,22-23,25,27-28,30H,3-15,20-21H2,1-2H3. The number of carbonyl (C=O) groups excluding carboxylic acids is 1. The van der Waals surface area contributed by atoms with Gasteiger partial charge in [-0.15, -0.1) is 0 Å². The Hall–Kier alpha value is -1.39. The first-order valence-electron chi connectivity index (χ1n) is 12.6. The summed E-state index contributed by atoms with van der Waals surface area (Å²) in [5.74, 6) is 0.315. The Morgan fingerprint density at radius 2 is 1.39 bits per heavy atom. The Balaban J connectivity index is 2.30. The van der Waals surface area contributed by atoms with Crippen molar-refractivity contribution in [3.8, 4) is 5.75 Å². The highest BCUT2D eigenvalue weighted by Crippen LogP contribution is 2.32. The predicted octanol–water partition coefficient (Wildman–Crippen LogP) is 6.43. The second kappa shape index (κ2) is 18.2. The third-order valence-corrected chi connectivity index (χ3v) is 6.17. The average molecular weight is 435 g/mol. The number of hydrogen-bond acceptors (Lipinski definition) is 4. The van der Waals surface area contributed by atoms with Crippen LogP contribution in [-0.4, -0.2) is 35.8 Å². The van der Waals surface area contributed by atoms with Gasteiger partial charge in [0.2, 0.25) is 0 Å². The molecule has 3 unspecified atom stereocenters. The summed E-state index contributed by atoms with van der Waals surface area (Å²) in [5.41, 5.74) is 0.961. The van der Waals surface area contributed by atoms with Crippen LogP contribution in [0.1, 0.15) is 109 Å². The molecule has 0 aliphatic heterocycles. The van der Waals surface area contributed by atoms with Gasteiger partial charge < -0.3 is 19.7 Å². The molecule has 0 amide bonds. The van der Waals surface area contributed by atoms with Crippen LogP contribution < -0.4 is 4.74 Å². The van der Waals surface area contributed by atoms with Gasteiger partial charge in [-0.2, -0.15) is 0 Å². The van der Waals surface area contributed by atoms with Crippen molar-refractivity contribution in [3.05, 3.63) is 29.8 Å². The van der Waals surface area contributed by atoms with Crippen molar-refractivity contribution < 1.29 is 19.7 Å². The summed E-state index contributed by atoms with van der Waals surface area (Å²) in [5, 5.41) is 19.2. The first-order valence-corrected chi connectivity index (χ1v) is 12.6. The van der Waals surface area contributed by atoms with Gasteiger partial charge in [0.25, 0.3) is 0 Å². The van der Waals surface area contributed by atoms with Gasteiger partial charge in [0, 0.05) is 11.8 Å². The molecule has 4 nitrogen and oxygen atoms in total. The molecule has 3 atom stereocenters. The van der Waals surface area contributed by atoms with Crippen molar-refractivity contribution in [1.29, 1.82) is 0 Å². The maximum Gasteiger partial charge on any atom is 0.123 e. The quantitative estimate of drug-likeness (QED) is 0.183. The lowest BCUT2D eigenvalue weighted by Crippen LogP contribution is -2.25. The number of aldehydes is 1. The Morgan fingerprint density at radius 3 is 1.84 bits per heavy atom.